The number of nitrogens with zero attached hydrogens (tertiary/aromatic N) is 2. The van der Waals surface area contributed by atoms with E-state index in [1.165, 1.54) is 4.90 Å². The summed E-state index contributed by atoms with van der Waals surface area (Å²) < 4.78 is 0. The molecule has 106 valence electrons. The molecule has 1 aromatic carbocycles. The van der Waals surface area contributed by atoms with Gasteiger partial charge < -0.3 is 9.90 Å². The molecule has 0 unspecified atom stereocenters. The topological polar surface area (TPSA) is 72.8 Å². The van der Waals surface area contributed by atoms with E-state index in [9.17, 15) is 14.7 Å². The van der Waals surface area contributed by atoms with Crippen molar-refractivity contribution in [2.75, 3.05) is 6.54 Å². The van der Waals surface area contributed by atoms with E-state index in [-0.39, 0.29) is 12.3 Å². The first-order valence-electron chi connectivity index (χ1n) is 6.03. The molecule has 0 saturated carbocycles. The minimum absolute atomic E-state index is 0.0690. The third-order valence-electron chi connectivity index (χ3n) is 2.77. The Kier molecular flexibility index (Phi) is 4.67. The number of amidine groups is 1. The standard InChI is InChI=1S/C13H13ClN2O3S/c1-2-16-11(17)7-10(12(18)19)20-13(16)15-9-5-3-8(14)4-6-9/h3-6,10H,2,7H2,1H3,(H,18,19)/p-1/t10-/m0/s1. The zero-order valence-corrected chi connectivity index (χ0v) is 12.3. The summed E-state index contributed by atoms with van der Waals surface area (Å²) in [5.74, 6) is -1.50. The first kappa shape index (κ1) is 14.9. The van der Waals surface area contributed by atoms with Crippen molar-refractivity contribution in [2.45, 2.75) is 18.6 Å². The molecule has 1 fully saturated rings. The van der Waals surface area contributed by atoms with Gasteiger partial charge in [0, 0.05) is 18.0 Å². The monoisotopic (exact) mass is 311 g/mol. The summed E-state index contributed by atoms with van der Waals surface area (Å²) in [5, 5.41) is 11.0. The molecule has 1 aliphatic heterocycles. The molecule has 2 rings (SSSR count). The van der Waals surface area contributed by atoms with E-state index in [0.717, 1.165) is 11.8 Å². The number of hydrogen-bond donors (Lipinski definition) is 0. The third kappa shape index (κ3) is 3.32. The Morgan fingerprint density at radius 3 is 2.70 bits per heavy atom. The second-order valence-electron chi connectivity index (χ2n) is 4.14. The molecule has 1 heterocycles. The molecular formula is C13H12ClN2O3S-. The average molecular weight is 312 g/mol. The van der Waals surface area contributed by atoms with Gasteiger partial charge in [0.05, 0.1) is 16.9 Å². The summed E-state index contributed by atoms with van der Waals surface area (Å²) in [5.41, 5.74) is 0.613. The van der Waals surface area contributed by atoms with Crippen molar-refractivity contribution in [3.8, 4) is 0 Å². The SMILES string of the molecule is CCN1C(=O)C[C@@H](C(=O)[O-])SC1=Nc1ccc(Cl)cc1. The summed E-state index contributed by atoms with van der Waals surface area (Å²) >= 11 is 6.83. The van der Waals surface area contributed by atoms with Crippen molar-refractivity contribution < 1.29 is 14.7 Å². The molecular weight excluding hydrogens is 300 g/mol. The molecule has 1 amide bonds. The third-order valence-corrected chi connectivity index (χ3v) is 4.19. The number of halogens is 1. The molecule has 0 aromatic heterocycles. The van der Waals surface area contributed by atoms with Crippen molar-refractivity contribution in [3.63, 3.8) is 0 Å². The maximum Gasteiger partial charge on any atom is 0.230 e. The van der Waals surface area contributed by atoms with Crippen LogP contribution in [-0.4, -0.2) is 33.7 Å². The lowest BCUT2D eigenvalue weighted by molar-refractivity contribution is -0.304. The fourth-order valence-electron chi connectivity index (χ4n) is 1.76. The van der Waals surface area contributed by atoms with E-state index >= 15 is 0 Å². The number of carbonyl (C=O) groups is 2. The normalized spacial score (nSPS) is 21.3. The molecule has 1 saturated heterocycles. The Hall–Kier alpha value is -1.53. The van der Waals surface area contributed by atoms with Gasteiger partial charge >= 0.3 is 0 Å². The van der Waals surface area contributed by atoms with Crippen LogP contribution in [0.3, 0.4) is 0 Å². The van der Waals surface area contributed by atoms with Gasteiger partial charge in [-0.25, -0.2) is 4.99 Å². The molecule has 0 radical (unpaired) electrons. The van der Waals surface area contributed by atoms with E-state index in [2.05, 4.69) is 4.99 Å². The number of rotatable bonds is 3. The second-order valence-corrected chi connectivity index (χ2v) is 5.74. The smallest absolute Gasteiger partial charge is 0.230 e. The molecule has 0 spiro atoms. The van der Waals surface area contributed by atoms with Gasteiger partial charge in [-0.1, -0.05) is 23.4 Å². The Morgan fingerprint density at radius 1 is 1.50 bits per heavy atom. The summed E-state index contributed by atoms with van der Waals surface area (Å²) in [7, 11) is 0. The number of hydrogen-bond acceptors (Lipinski definition) is 5. The van der Waals surface area contributed by atoms with Gasteiger partial charge in [-0.05, 0) is 31.2 Å². The van der Waals surface area contributed by atoms with Crippen LogP contribution in [0, 0.1) is 0 Å². The van der Waals surface area contributed by atoms with Crippen LogP contribution >= 0.6 is 23.4 Å². The summed E-state index contributed by atoms with van der Waals surface area (Å²) in [6.45, 7) is 2.26. The largest absolute Gasteiger partial charge is 0.549 e. The van der Waals surface area contributed by atoms with E-state index in [0.29, 0.717) is 22.4 Å². The van der Waals surface area contributed by atoms with Crippen LogP contribution < -0.4 is 5.11 Å². The van der Waals surface area contributed by atoms with E-state index in [4.69, 9.17) is 11.6 Å². The zero-order valence-electron chi connectivity index (χ0n) is 10.7. The fourth-order valence-corrected chi connectivity index (χ4v) is 2.98. The molecule has 7 heteroatoms. The number of aliphatic carboxylic acids is 1. The molecule has 1 atom stereocenters. The van der Waals surface area contributed by atoms with Crippen molar-refractivity contribution in [1.82, 2.24) is 4.90 Å². The number of aliphatic imine (C=N–C) groups is 1. The minimum atomic E-state index is -1.25. The number of carboxylic acid groups (broad SMARTS) is 1. The van der Waals surface area contributed by atoms with Crippen molar-refractivity contribution in [2.24, 2.45) is 4.99 Å². The molecule has 1 aliphatic rings. The lowest BCUT2D eigenvalue weighted by Crippen LogP contribution is -2.47. The van der Waals surface area contributed by atoms with Crippen LogP contribution in [0.15, 0.2) is 29.3 Å². The summed E-state index contributed by atoms with van der Waals surface area (Å²) in [4.78, 5) is 28.7. The maximum atomic E-state index is 11.9. The van der Waals surface area contributed by atoms with Crippen molar-refractivity contribution in [3.05, 3.63) is 29.3 Å². The predicted molar refractivity (Wildman–Crippen MR) is 76.9 cm³/mol. The average Bonchev–Trinajstić information content (AvgIpc) is 2.41. The quantitative estimate of drug-likeness (QED) is 0.846. The lowest BCUT2D eigenvalue weighted by atomic mass is 10.2. The lowest BCUT2D eigenvalue weighted by Gasteiger charge is -2.31. The Labute approximate surface area is 125 Å². The van der Waals surface area contributed by atoms with Crippen LogP contribution in [0.25, 0.3) is 0 Å². The Balaban J connectivity index is 2.31. The first-order chi connectivity index (χ1) is 9.51. The van der Waals surface area contributed by atoms with Crippen molar-refractivity contribution in [1.29, 1.82) is 0 Å². The Morgan fingerprint density at radius 2 is 2.15 bits per heavy atom. The number of carbonyl (C=O) groups excluding carboxylic acids is 2. The fraction of sp³-hybridized carbons (Fsp3) is 0.308. The van der Waals surface area contributed by atoms with Gasteiger partial charge in [-0.3, -0.25) is 9.69 Å². The molecule has 0 bridgehead atoms. The van der Waals surface area contributed by atoms with Crippen LogP contribution in [0.2, 0.25) is 5.02 Å². The maximum absolute atomic E-state index is 11.9. The van der Waals surface area contributed by atoms with E-state index < -0.39 is 11.2 Å². The summed E-state index contributed by atoms with van der Waals surface area (Å²) in [6.07, 6.45) is -0.0690. The highest BCUT2D eigenvalue weighted by molar-refractivity contribution is 8.15. The highest BCUT2D eigenvalue weighted by atomic mass is 35.5. The highest BCUT2D eigenvalue weighted by Crippen LogP contribution is 2.28. The van der Waals surface area contributed by atoms with Gasteiger partial charge in [0.2, 0.25) is 5.91 Å². The van der Waals surface area contributed by atoms with E-state index in [1.54, 1.807) is 24.3 Å². The number of carboxylic acids is 1. The molecule has 0 aliphatic carbocycles. The zero-order chi connectivity index (χ0) is 14.7. The van der Waals surface area contributed by atoms with Gasteiger partial charge in [0.15, 0.2) is 5.17 Å². The van der Waals surface area contributed by atoms with Gasteiger partial charge in [-0.15, -0.1) is 0 Å². The van der Waals surface area contributed by atoms with Gasteiger partial charge in [-0.2, -0.15) is 0 Å². The van der Waals surface area contributed by atoms with Crippen LogP contribution in [0.1, 0.15) is 13.3 Å². The number of amides is 1. The molecule has 1 aromatic rings. The highest BCUT2D eigenvalue weighted by Gasteiger charge is 2.31. The first-order valence-corrected chi connectivity index (χ1v) is 7.29. The molecule has 20 heavy (non-hydrogen) atoms. The molecule has 0 N–H and O–H groups in total. The Bertz CT molecular complexity index is 559. The van der Waals surface area contributed by atoms with Crippen LogP contribution in [0.4, 0.5) is 5.69 Å². The molecule has 5 nitrogen and oxygen atoms in total. The predicted octanol–water partition coefficient (Wildman–Crippen LogP) is 1.43. The minimum Gasteiger partial charge on any atom is -0.549 e. The van der Waals surface area contributed by atoms with Crippen LogP contribution in [0.5, 0.6) is 0 Å². The van der Waals surface area contributed by atoms with Crippen molar-refractivity contribution >= 4 is 46.1 Å². The van der Waals surface area contributed by atoms with Gasteiger partial charge in [0.1, 0.15) is 0 Å². The van der Waals surface area contributed by atoms with Gasteiger partial charge in [0.25, 0.3) is 0 Å². The number of thioether (sulfide) groups is 1. The number of benzene rings is 1. The second kappa shape index (κ2) is 6.28. The van der Waals surface area contributed by atoms with E-state index in [1.807, 2.05) is 6.92 Å². The summed E-state index contributed by atoms with van der Waals surface area (Å²) in [6, 6.07) is 6.78. The van der Waals surface area contributed by atoms with Crippen LogP contribution in [-0.2, 0) is 9.59 Å².